The molecule has 0 bridgehead atoms. The van der Waals surface area contributed by atoms with Gasteiger partial charge in [-0.15, -0.1) is 0 Å². The predicted octanol–water partition coefficient (Wildman–Crippen LogP) is 7.65. The molecule has 2 aromatic carbocycles. The van der Waals surface area contributed by atoms with Crippen molar-refractivity contribution in [3.8, 4) is 0 Å². The van der Waals surface area contributed by atoms with Crippen molar-refractivity contribution >= 4 is 11.6 Å². The first-order valence-corrected chi connectivity index (χ1v) is 11.7. The van der Waals surface area contributed by atoms with Crippen molar-refractivity contribution in [1.29, 1.82) is 0 Å². The molecule has 2 aliphatic rings. The van der Waals surface area contributed by atoms with Gasteiger partial charge in [0.05, 0.1) is 6.10 Å². The summed E-state index contributed by atoms with van der Waals surface area (Å²) in [4.78, 5) is 0. The highest BCUT2D eigenvalue weighted by Gasteiger charge is 2.24. The van der Waals surface area contributed by atoms with E-state index < -0.39 is 23.3 Å². The van der Waals surface area contributed by atoms with E-state index in [1.54, 1.807) is 6.08 Å². The number of benzene rings is 2. The van der Waals surface area contributed by atoms with Gasteiger partial charge in [-0.05, 0) is 104 Å². The van der Waals surface area contributed by atoms with E-state index in [1.807, 2.05) is 0 Å². The Kier molecular flexibility index (Phi) is 7.34. The van der Waals surface area contributed by atoms with Crippen LogP contribution in [0.3, 0.4) is 0 Å². The largest absolute Gasteiger partial charge is 0.378 e. The van der Waals surface area contributed by atoms with Gasteiger partial charge in [0.1, 0.15) is 11.6 Å². The molecule has 4 rings (SSSR count). The third-order valence-electron chi connectivity index (χ3n) is 6.80. The summed E-state index contributed by atoms with van der Waals surface area (Å²) < 4.78 is 62.6. The molecule has 1 nitrogen and oxygen atoms in total. The van der Waals surface area contributed by atoms with Crippen LogP contribution in [0.2, 0.25) is 0 Å². The van der Waals surface area contributed by atoms with Crippen LogP contribution in [0.15, 0.2) is 24.3 Å². The van der Waals surface area contributed by atoms with E-state index in [-0.39, 0.29) is 12.0 Å². The summed E-state index contributed by atoms with van der Waals surface area (Å²) in [5, 5.41) is 0. The summed E-state index contributed by atoms with van der Waals surface area (Å²) >= 11 is 0. The highest BCUT2D eigenvalue weighted by atomic mass is 19.2. The number of halogens is 4. The Morgan fingerprint density at radius 2 is 1.56 bits per heavy atom. The molecule has 0 N–H and O–H groups in total. The molecule has 0 aliphatic heterocycles. The van der Waals surface area contributed by atoms with Crippen molar-refractivity contribution in [2.24, 2.45) is 5.92 Å². The molecule has 0 atom stereocenters. The summed E-state index contributed by atoms with van der Waals surface area (Å²) in [7, 11) is 0. The molecule has 1 saturated carbocycles. The van der Waals surface area contributed by atoms with E-state index in [4.69, 9.17) is 4.74 Å². The zero-order valence-corrected chi connectivity index (χ0v) is 18.5. The zero-order chi connectivity index (χ0) is 22.7. The molecule has 0 radical (unpaired) electrons. The number of hydrogen-bond donors (Lipinski definition) is 0. The SMILES string of the molecule is CCCCOC1CCC(CCc2cc(F)c(C3=Cc4cc(F)c(F)cc4C3)c(F)c2)CC1. The maximum absolute atomic E-state index is 14.9. The monoisotopic (exact) mass is 446 g/mol. The molecule has 0 aromatic heterocycles. The summed E-state index contributed by atoms with van der Waals surface area (Å²) in [5.74, 6) is -2.58. The van der Waals surface area contributed by atoms with E-state index >= 15 is 0 Å². The molecule has 1 fully saturated rings. The summed E-state index contributed by atoms with van der Waals surface area (Å²) in [6.07, 6.45) is 10.2. The lowest BCUT2D eigenvalue weighted by molar-refractivity contribution is 0.0159. The molecule has 0 amide bonds. The van der Waals surface area contributed by atoms with Gasteiger partial charge in [0.2, 0.25) is 0 Å². The van der Waals surface area contributed by atoms with Crippen molar-refractivity contribution in [3.05, 3.63) is 69.8 Å². The minimum absolute atomic E-state index is 0.101. The molecular formula is C27H30F4O. The summed E-state index contributed by atoms with van der Waals surface area (Å²) in [5.41, 5.74) is 1.97. The van der Waals surface area contributed by atoms with Crippen LogP contribution in [0.1, 0.15) is 74.1 Å². The standard InChI is InChI=1S/C27H30F4O/c1-2-3-10-32-22-8-6-17(7-9-22)4-5-18-11-25(30)27(26(31)12-18)21-13-19-15-23(28)24(29)16-20(19)14-21/h11-13,15-17,22H,2-10,14H2,1H3. The molecule has 32 heavy (non-hydrogen) atoms. The van der Waals surface area contributed by atoms with Gasteiger partial charge < -0.3 is 4.74 Å². The van der Waals surface area contributed by atoms with Gasteiger partial charge in [0.15, 0.2) is 11.6 Å². The lowest BCUT2D eigenvalue weighted by Crippen LogP contribution is -2.22. The minimum atomic E-state index is -0.959. The first kappa shape index (κ1) is 23.0. The molecule has 2 aromatic rings. The van der Waals surface area contributed by atoms with Crippen LogP contribution in [0, 0.1) is 29.2 Å². The molecule has 0 saturated heterocycles. The Balaban J connectivity index is 1.35. The number of rotatable bonds is 8. The van der Waals surface area contributed by atoms with Crippen LogP contribution < -0.4 is 0 Å². The molecule has 0 unspecified atom stereocenters. The van der Waals surface area contributed by atoms with Gasteiger partial charge in [0.25, 0.3) is 0 Å². The third kappa shape index (κ3) is 5.25. The highest BCUT2D eigenvalue weighted by Crippen LogP contribution is 2.36. The maximum Gasteiger partial charge on any atom is 0.159 e. The van der Waals surface area contributed by atoms with E-state index in [9.17, 15) is 17.6 Å². The van der Waals surface area contributed by atoms with Crippen LogP contribution >= 0.6 is 0 Å². The van der Waals surface area contributed by atoms with Crippen molar-refractivity contribution in [2.45, 2.75) is 70.8 Å². The Morgan fingerprint density at radius 3 is 2.25 bits per heavy atom. The smallest absolute Gasteiger partial charge is 0.159 e. The number of hydrogen-bond acceptors (Lipinski definition) is 1. The second-order valence-corrected chi connectivity index (χ2v) is 9.15. The van der Waals surface area contributed by atoms with Crippen LogP contribution in [0.5, 0.6) is 0 Å². The van der Waals surface area contributed by atoms with Crippen molar-refractivity contribution < 1.29 is 22.3 Å². The fraction of sp³-hybridized carbons (Fsp3) is 0.481. The van der Waals surface area contributed by atoms with E-state index in [0.29, 0.717) is 40.7 Å². The predicted molar refractivity (Wildman–Crippen MR) is 119 cm³/mol. The lowest BCUT2D eigenvalue weighted by Gasteiger charge is -2.28. The number of ether oxygens (including phenoxy) is 1. The Bertz CT molecular complexity index is 966. The van der Waals surface area contributed by atoms with Crippen molar-refractivity contribution in [3.63, 3.8) is 0 Å². The number of fused-ring (bicyclic) bond motifs is 1. The van der Waals surface area contributed by atoms with E-state index in [1.165, 1.54) is 12.1 Å². The topological polar surface area (TPSA) is 9.23 Å². The summed E-state index contributed by atoms with van der Waals surface area (Å²) in [6, 6.07) is 4.99. The molecule has 5 heteroatoms. The number of aryl methyl sites for hydroxylation is 1. The maximum atomic E-state index is 14.9. The fourth-order valence-electron chi connectivity index (χ4n) is 4.92. The quantitative estimate of drug-likeness (QED) is 0.299. The average molecular weight is 447 g/mol. The van der Waals surface area contributed by atoms with E-state index in [0.717, 1.165) is 63.7 Å². The Hall–Kier alpha value is -2.14. The third-order valence-corrected chi connectivity index (χ3v) is 6.80. The van der Waals surface area contributed by atoms with E-state index in [2.05, 4.69) is 6.92 Å². The molecule has 0 spiro atoms. The van der Waals surface area contributed by atoms with Crippen LogP contribution in [0.4, 0.5) is 17.6 Å². The van der Waals surface area contributed by atoms with Crippen LogP contribution in [-0.4, -0.2) is 12.7 Å². The van der Waals surface area contributed by atoms with Gasteiger partial charge in [-0.2, -0.15) is 0 Å². The second-order valence-electron chi connectivity index (χ2n) is 9.15. The van der Waals surface area contributed by atoms with Gasteiger partial charge in [-0.1, -0.05) is 19.4 Å². The fourth-order valence-corrected chi connectivity index (χ4v) is 4.92. The van der Waals surface area contributed by atoms with Crippen molar-refractivity contribution in [1.82, 2.24) is 0 Å². The zero-order valence-electron chi connectivity index (χ0n) is 18.5. The van der Waals surface area contributed by atoms with Gasteiger partial charge in [-0.3, -0.25) is 0 Å². The number of allylic oxidation sites excluding steroid dienone is 1. The molecule has 2 aliphatic carbocycles. The first-order valence-electron chi connectivity index (χ1n) is 11.7. The van der Waals surface area contributed by atoms with Gasteiger partial charge >= 0.3 is 0 Å². The normalized spacial score (nSPS) is 20.3. The highest BCUT2D eigenvalue weighted by molar-refractivity contribution is 5.89. The lowest BCUT2D eigenvalue weighted by atomic mass is 9.83. The molecular weight excluding hydrogens is 416 g/mol. The molecule has 0 heterocycles. The minimum Gasteiger partial charge on any atom is -0.378 e. The first-order chi connectivity index (χ1) is 15.4. The van der Waals surface area contributed by atoms with Gasteiger partial charge in [0, 0.05) is 12.2 Å². The average Bonchev–Trinajstić information content (AvgIpc) is 3.15. The Labute approximate surface area is 187 Å². The van der Waals surface area contributed by atoms with Crippen LogP contribution in [0.25, 0.3) is 11.6 Å². The summed E-state index contributed by atoms with van der Waals surface area (Å²) in [6.45, 7) is 2.99. The number of unbranched alkanes of at least 4 members (excludes halogenated alkanes) is 1. The molecule has 172 valence electrons. The van der Waals surface area contributed by atoms with Crippen molar-refractivity contribution in [2.75, 3.05) is 6.61 Å². The van der Waals surface area contributed by atoms with Crippen LogP contribution in [-0.2, 0) is 17.6 Å². The second kappa shape index (κ2) is 10.2. The Morgan fingerprint density at radius 1 is 0.875 bits per heavy atom. The van der Waals surface area contributed by atoms with Gasteiger partial charge in [-0.25, -0.2) is 17.6 Å².